The quantitative estimate of drug-likeness (QED) is 0.400. The Kier molecular flexibility index (Phi) is 11.1. The van der Waals surface area contributed by atoms with E-state index in [1.54, 1.807) is 24.9 Å². The van der Waals surface area contributed by atoms with Gasteiger partial charge >= 0.3 is 0 Å². The second-order valence-corrected chi connectivity index (χ2v) is 9.02. The highest BCUT2D eigenvalue weighted by atomic mass is 79.9. The van der Waals surface area contributed by atoms with Crippen molar-refractivity contribution in [3.63, 3.8) is 0 Å². The van der Waals surface area contributed by atoms with E-state index >= 15 is 0 Å². The molecule has 30 heavy (non-hydrogen) atoms. The Labute approximate surface area is 193 Å². The van der Waals surface area contributed by atoms with Gasteiger partial charge in [0.05, 0.1) is 12.5 Å². The van der Waals surface area contributed by atoms with Crippen LogP contribution in [0.2, 0.25) is 0 Å². The summed E-state index contributed by atoms with van der Waals surface area (Å²) in [5.41, 5.74) is 8.91. The van der Waals surface area contributed by atoms with Crippen LogP contribution in [-0.2, 0) is 0 Å². The van der Waals surface area contributed by atoms with Crippen molar-refractivity contribution < 1.29 is 4.74 Å². The number of methoxy groups -OCH3 is 1. The molecule has 2 aromatic rings. The van der Waals surface area contributed by atoms with E-state index in [1.807, 2.05) is 43.3 Å². The molecule has 6 heteroatoms. The van der Waals surface area contributed by atoms with Gasteiger partial charge in [0.25, 0.3) is 0 Å². The first-order chi connectivity index (χ1) is 14.6. The van der Waals surface area contributed by atoms with Crippen LogP contribution in [0.3, 0.4) is 0 Å². The monoisotopic (exact) mass is 489 g/mol. The number of rotatable bonds is 5. The maximum absolute atomic E-state index is 5.27. The minimum atomic E-state index is 0.107. The molecule has 1 saturated heterocycles. The Morgan fingerprint density at radius 2 is 1.87 bits per heavy atom. The maximum Gasteiger partial charge on any atom is 0.140 e. The van der Waals surface area contributed by atoms with Crippen molar-refractivity contribution in [2.75, 3.05) is 12.4 Å². The molecular formula is C24H32BrN3OS. The summed E-state index contributed by atoms with van der Waals surface area (Å²) >= 11 is 5.26. The second kappa shape index (κ2) is 13.5. The predicted molar refractivity (Wildman–Crippen MR) is 135 cm³/mol. The molecule has 162 valence electrons. The lowest BCUT2D eigenvalue weighted by molar-refractivity contribution is 0.414. The number of hydrogen-bond donors (Lipinski definition) is 3. The van der Waals surface area contributed by atoms with Gasteiger partial charge in [-0.3, -0.25) is 0 Å². The minimum Gasteiger partial charge on any atom is -0.497 e. The highest BCUT2D eigenvalue weighted by Gasteiger charge is 2.25. The van der Waals surface area contributed by atoms with E-state index in [9.17, 15) is 0 Å². The van der Waals surface area contributed by atoms with Gasteiger partial charge in [-0.15, -0.1) is 6.58 Å². The zero-order chi connectivity index (χ0) is 21.8. The summed E-state index contributed by atoms with van der Waals surface area (Å²) in [6.45, 7) is 7.33. The van der Waals surface area contributed by atoms with Crippen LogP contribution in [0.5, 0.6) is 5.75 Å². The van der Waals surface area contributed by atoms with Gasteiger partial charge in [-0.25, -0.2) is 10.9 Å². The third kappa shape index (κ3) is 8.96. The molecule has 0 bridgehead atoms. The highest BCUT2D eigenvalue weighted by molar-refractivity contribution is 9.10. The fraction of sp³-hybridized carbons (Fsp3) is 0.333. The predicted octanol–water partition coefficient (Wildman–Crippen LogP) is 6.86. The number of allylic oxidation sites excluding steroid dienone is 3. The SMILES string of the molecule is C/C=C/C1CC1.C=CC.COc1cccc(C2NNC(Nc3cccc(Br)c3)S2)c1. The maximum atomic E-state index is 5.27. The lowest BCUT2D eigenvalue weighted by Gasteiger charge is -2.13. The summed E-state index contributed by atoms with van der Waals surface area (Å²) in [4.78, 5) is 0. The number of halogens is 1. The Balaban J connectivity index is 0.000000298. The van der Waals surface area contributed by atoms with Crippen LogP contribution in [0.15, 0.2) is 77.8 Å². The molecule has 1 aliphatic heterocycles. The van der Waals surface area contributed by atoms with Crippen molar-refractivity contribution in [3.8, 4) is 5.75 Å². The molecule has 4 rings (SSSR count). The van der Waals surface area contributed by atoms with Crippen LogP contribution in [0.25, 0.3) is 0 Å². The number of benzene rings is 2. The largest absolute Gasteiger partial charge is 0.497 e. The van der Waals surface area contributed by atoms with Gasteiger partial charge in [0.2, 0.25) is 0 Å². The van der Waals surface area contributed by atoms with Crippen LogP contribution in [0.4, 0.5) is 5.69 Å². The number of nitrogens with one attached hydrogen (secondary N) is 3. The summed E-state index contributed by atoms with van der Waals surface area (Å²) < 4.78 is 6.33. The van der Waals surface area contributed by atoms with Gasteiger partial charge in [-0.1, -0.05) is 64.1 Å². The van der Waals surface area contributed by atoms with Crippen molar-refractivity contribution >= 4 is 33.4 Å². The van der Waals surface area contributed by atoms with E-state index in [0.29, 0.717) is 0 Å². The van der Waals surface area contributed by atoms with Gasteiger partial charge in [0, 0.05) is 10.2 Å². The average molecular weight is 491 g/mol. The molecule has 0 radical (unpaired) electrons. The molecule has 2 aliphatic rings. The van der Waals surface area contributed by atoms with E-state index in [-0.39, 0.29) is 10.9 Å². The summed E-state index contributed by atoms with van der Waals surface area (Å²) in [6.07, 6.45) is 9.03. The lowest BCUT2D eigenvalue weighted by Crippen LogP contribution is -2.35. The fourth-order valence-electron chi connectivity index (χ4n) is 2.68. The van der Waals surface area contributed by atoms with Crippen LogP contribution < -0.4 is 20.9 Å². The zero-order valence-electron chi connectivity index (χ0n) is 17.9. The van der Waals surface area contributed by atoms with Crippen molar-refractivity contribution in [2.24, 2.45) is 5.92 Å². The smallest absolute Gasteiger partial charge is 0.140 e. The standard InChI is InChI=1S/C15H16BrN3OS.C6H10.C3H6/c1-20-13-7-2-4-10(8-13)14-18-19-15(21-14)17-12-6-3-5-11(16)9-12;1-2-3-6-4-5-6;1-3-2/h2-9,14-15,17-19H,1H3;2-3,6H,4-5H2,1H3;3H,1H2,2H3/b;3-2+;. The molecule has 0 amide bonds. The molecule has 3 N–H and O–H groups in total. The number of ether oxygens (including phenoxy) is 1. The average Bonchev–Trinajstić information content (AvgIpc) is 3.45. The van der Waals surface area contributed by atoms with Gasteiger partial charge in [-0.05, 0) is 68.5 Å². The van der Waals surface area contributed by atoms with E-state index in [1.165, 1.54) is 18.4 Å². The van der Waals surface area contributed by atoms with E-state index in [0.717, 1.165) is 21.8 Å². The molecule has 1 saturated carbocycles. The molecule has 2 unspecified atom stereocenters. The first-order valence-corrected chi connectivity index (χ1v) is 11.9. The Morgan fingerprint density at radius 3 is 2.47 bits per heavy atom. The van der Waals surface area contributed by atoms with Crippen LogP contribution in [-0.4, -0.2) is 12.6 Å². The summed E-state index contributed by atoms with van der Waals surface area (Å²) in [5, 5.41) is 3.62. The number of hydrogen-bond acceptors (Lipinski definition) is 5. The van der Waals surface area contributed by atoms with Crippen molar-refractivity contribution in [3.05, 3.63) is 83.4 Å². The Morgan fingerprint density at radius 1 is 1.13 bits per heavy atom. The fourth-order valence-corrected chi connectivity index (χ4v) is 4.13. The van der Waals surface area contributed by atoms with Crippen LogP contribution in [0, 0.1) is 5.92 Å². The Hall–Kier alpha value is -1.73. The molecule has 4 nitrogen and oxygen atoms in total. The van der Waals surface area contributed by atoms with Gasteiger partial charge in [0.15, 0.2) is 0 Å². The minimum absolute atomic E-state index is 0.107. The van der Waals surface area contributed by atoms with E-state index < -0.39 is 0 Å². The van der Waals surface area contributed by atoms with Crippen molar-refractivity contribution in [1.82, 2.24) is 10.9 Å². The van der Waals surface area contributed by atoms with Crippen molar-refractivity contribution in [2.45, 2.75) is 37.6 Å². The molecule has 0 aromatic heterocycles. The first kappa shape index (κ1) is 24.5. The number of thioether (sulfide) groups is 1. The Bertz CT molecular complexity index is 811. The van der Waals surface area contributed by atoms with Crippen LogP contribution >= 0.6 is 27.7 Å². The van der Waals surface area contributed by atoms with Crippen molar-refractivity contribution in [1.29, 1.82) is 0 Å². The highest BCUT2D eigenvalue weighted by Crippen LogP contribution is 2.34. The second-order valence-electron chi connectivity index (χ2n) is 6.89. The summed E-state index contributed by atoms with van der Waals surface area (Å²) in [5.74, 6) is 1.84. The third-order valence-corrected chi connectivity index (χ3v) is 5.89. The molecule has 2 atom stereocenters. The normalized spacial score (nSPS) is 19.9. The molecular weight excluding hydrogens is 458 g/mol. The van der Waals surface area contributed by atoms with Gasteiger partial charge < -0.3 is 10.1 Å². The number of hydrazine groups is 1. The molecule has 2 aromatic carbocycles. The van der Waals surface area contributed by atoms with E-state index in [2.05, 4.69) is 69.9 Å². The molecule has 1 heterocycles. The first-order valence-electron chi connectivity index (χ1n) is 10.1. The summed E-state index contributed by atoms with van der Waals surface area (Å²) in [6, 6.07) is 16.2. The number of anilines is 1. The van der Waals surface area contributed by atoms with E-state index in [4.69, 9.17) is 4.74 Å². The van der Waals surface area contributed by atoms with Crippen LogP contribution in [0.1, 0.15) is 37.6 Å². The van der Waals surface area contributed by atoms with Gasteiger partial charge in [0.1, 0.15) is 11.2 Å². The molecule has 0 spiro atoms. The third-order valence-electron chi connectivity index (χ3n) is 4.22. The molecule has 1 aliphatic carbocycles. The summed E-state index contributed by atoms with van der Waals surface area (Å²) in [7, 11) is 1.68. The topological polar surface area (TPSA) is 45.3 Å². The zero-order valence-corrected chi connectivity index (χ0v) is 20.3. The molecule has 2 fully saturated rings. The van der Waals surface area contributed by atoms with Gasteiger partial charge in [-0.2, -0.15) is 0 Å². The lowest BCUT2D eigenvalue weighted by atomic mass is 10.2.